The van der Waals surface area contributed by atoms with E-state index in [1.807, 2.05) is 22.9 Å². The number of thiophene rings is 1. The van der Waals surface area contributed by atoms with Gasteiger partial charge < -0.3 is 15.7 Å². The van der Waals surface area contributed by atoms with Crippen molar-refractivity contribution in [2.75, 3.05) is 6.61 Å². The Balaban J connectivity index is 1.87. The molecule has 2 aromatic rings. The van der Waals surface area contributed by atoms with Gasteiger partial charge in [0.15, 0.2) is 0 Å². The molecule has 0 saturated heterocycles. The molecular formula is C13H17N3O2S2. The Morgan fingerprint density at radius 1 is 1.45 bits per heavy atom. The van der Waals surface area contributed by atoms with E-state index < -0.39 is 5.54 Å². The van der Waals surface area contributed by atoms with Crippen molar-refractivity contribution in [3.05, 3.63) is 28.6 Å². The number of thiazole rings is 1. The molecule has 0 atom stereocenters. The van der Waals surface area contributed by atoms with Crippen molar-refractivity contribution in [3.63, 3.8) is 0 Å². The molecule has 2 amide bonds. The molecule has 2 heterocycles. The summed E-state index contributed by atoms with van der Waals surface area (Å²) in [5.74, 6) is 0. The number of nitrogens with one attached hydrogen (secondary N) is 2. The van der Waals surface area contributed by atoms with Crippen molar-refractivity contribution in [3.8, 4) is 9.88 Å². The molecular weight excluding hydrogens is 294 g/mol. The van der Waals surface area contributed by atoms with Crippen molar-refractivity contribution in [1.29, 1.82) is 0 Å². The van der Waals surface area contributed by atoms with E-state index in [1.165, 1.54) is 0 Å². The highest BCUT2D eigenvalue weighted by Gasteiger charge is 2.18. The zero-order chi connectivity index (χ0) is 14.6. The minimum atomic E-state index is -0.631. The van der Waals surface area contributed by atoms with Gasteiger partial charge in [0.25, 0.3) is 0 Å². The summed E-state index contributed by atoms with van der Waals surface area (Å²) in [4.78, 5) is 17.3. The fourth-order valence-corrected chi connectivity index (χ4v) is 3.10. The van der Waals surface area contributed by atoms with E-state index in [-0.39, 0.29) is 12.6 Å². The fraction of sp³-hybridized carbons (Fsp3) is 0.385. The summed E-state index contributed by atoms with van der Waals surface area (Å²) < 4.78 is 0. The van der Waals surface area contributed by atoms with Crippen molar-refractivity contribution < 1.29 is 9.90 Å². The summed E-state index contributed by atoms with van der Waals surface area (Å²) >= 11 is 3.21. The van der Waals surface area contributed by atoms with Crippen molar-refractivity contribution in [2.24, 2.45) is 0 Å². The Hall–Kier alpha value is -1.44. The van der Waals surface area contributed by atoms with E-state index in [0.29, 0.717) is 6.54 Å². The summed E-state index contributed by atoms with van der Waals surface area (Å²) in [6.45, 7) is 3.77. The van der Waals surface area contributed by atoms with Crippen LogP contribution in [0.15, 0.2) is 22.9 Å². The van der Waals surface area contributed by atoms with Gasteiger partial charge >= 0.3 is 6.03 Å². The highest BCUT2D eigenvalue weighted by Crippen LogP contribution is 2.27. The van der Waals surface area contributed by atoms with Gasteiger partial charge in [-0.05, 0) is 25.3 Å². The molecule has 0 unspecified atom stereocenters. The standard InChI is InChI=1S/C13H17N3O2S2/c1-13(2,8-17)16-12(18)14-6-9-7-20-11(15-9)10-4-3-5-19-10/h3-5,7,17H,6,8H2,1-2H3,(H2,14,16,18). The monoisotopic (exact) mass is 311 g/mol. The molecule has 0 radical (unpaired) electrons. The SMILES string of the molecule is CC(C)(CO)NC(=O)NCc1csc(-c2cccs2)n1. The molecule has 108 valence electrons. The highest BCUT2D eigenvalue weighted by molar-refractivity contribution is 7.20. The van der Waals surface area contributed by atoms with Gasteiger partial charge in [0, 0.05) is 5.38 Å². The van der Waals surface area contributed by atoms with Crippen molar-refractivity contribution >= 4 is 28.7 Å². The number of amides is 2. The van der Waals surface area contributed by atoms with Crippen LogP contribution in [-0.2, 0) is 6.54 Å². The molecule has 0 aromatic carbocycles. The number of aromatic nitrogens is 1. The number of urea groups is 1. The summed E-state index contributed by atoms with van der Waals surface area (Å²) in [6, 6.07) is 3.70. The Morgan fingerprint density at radius 2 is 2.25 bits per heavy atom. The van der Waals surface area contributed by atoms with Crippen LogP contribution in [0.25, 0.3) is 9.88 Å². The summed E-state index contributed by atoms with van der Waals surface area (Å²) in [7, 11) is 0. The molecule has 5 nitrogen and oxygen atoms in total. The van der Waals surface area contributed by atoms with Gasteiger partial charge in [0.1, 0.15) is 5.01 Å². The van der Waals surface area contributed by atoms with Crippen LogP contribution in [0.1, 0.15) is 19.5 Å². The smallest absolute Gasteiger partial charge is 0.315 e. The average molecular weight is 311 g/mol. The lowest BCUT2D eigenvalue weighted by Gasteiger charge is -2.23. The predicted octanol–water partition coefficient (Wildman–Crippen LogP) is 2.44. The molecule has 20 heavy (non-hydrogen) atoms. The normalized spacial score (nSPS) is 11.3. The number of hydrogen-bond acceptors (Lipinski definition) is 5. The largest absolute Gasteiger partial charge is 0.394 e. The number of carbonyl (C=O) groups is 1. The van der Waals surface area contributed by atoms with Gasteiger partial charge in [-0.3, -0.25) is 0 Å². The summed E-state index contributed by atoms with van der Waals surface area (Å²) in [5, 5.41) is 19.4. The van der Waals surface area contributed by atoms with Crippen LogP contribution in [-0.4, -0.2) is 28.3 Å². The molecule has 0 bridgehead atoms. The average Bonchev–Trinajstić information content (AvgIpc) is 3.06. The molecule has 2 aromatic heterocycles. The lowest BCUT2D eigenvalue weighted by molar-refractivity contribution is 0.182. The van der Waals surface area contributed by atoms with Crippen LogP contribution in [0.2, 0.25) is 0 Å². The second kappa shape index (κ2) is 6.34. The number of aliphatic hydroxyl groups is 1. The maximum Gasteiger partial charge on any atom is 0.315 e. The molecule has 0 aliphatic rings. The minimum absolute atomic E-state index is 0.111. The van der Waals surface area contributed by atoms with Crippen LogP contribution in [0.5, 0.6) is 0 Å². The van der Waals surface area contributed by atoms with Gasteiger partial charge in [-0.15, -0.1) is 22.7 Å². The first kappa shape index (κ1) is 15.0. The first-order chi connectivity index (χ1) is 9.50. The summed E-state index contributed by atoms with van der Waals surface area (Å²) in [5.41, 5.74) is 0.198. The number of hydrogen-bond donors (Lipinski definition) is 3. The van der Waals surface area contributed by atoms with Crippen LogP contribution < -0.4 is 10.6 Å². The van der Waals surface area contributed by atoms with Gasteiger partial charge in [-0.2, -0.15) is 0 Å². The number of nitrogens with zero attached hydrogens (tertiary/aromatic N) is 1. The van der Waals surface area contributed by atoms with E-state index in [1.54, 1.807) is 36.5 Å². The lowest BCUT2D eigenvalue weighted by atomic mass is 10.1. The molecule has 7 heteroatoms. The van der Waals surface area contributed by atoms with Gasteiger partial charge in [0.05, 0.1) is 29.3 Å². The van der Waals surface area contributed by atoms with E-state index in [4.69, 9.17) is 5.11 Å². The van der Waals surface area contributed by atoms with E-state index in [0.717, 1.165) is 15.6 Å². The first-order valence-electron chi connectivity index (χ1n) is 6.15. The van der Waals surface area contributed by atoms with E-state index in [9.17, 15) is 4.79 Å². The fourth-order valence-electron chi connectivity index (χ4n) is 1.46. The molecule has 0 fully saturated rings. The molecule has 2 rings (SSSR count). The third kappa shape index (κ3) is 4.03. The lowest BCUT2D eigenvalue weighted by Crippen LogP contribution is -2.50. The number of carbonyl (C=O) groups excluding carboxylic acids is 1. The third-order valence-electron chi connectivity index (χ3n) is 2.56. The van der Waals surface area contributed by atoms with Crippen LogP contribution >= 0.6 is 22.7 Å². The van der Waals surface area contributed by atoms with Crippen molar-refractivity contribution in [2.45, 2.75) is 25.9 Å². The maximum absolute atomic E-state index is 11.7. The Kier molecular flexibility index (Phi) is 4.74. The van der Waals surface area contributed by atoms with Crippen LogP contribution in [0.3, 0.4) is 0 Å². The third-order valence-corrected chi connectivity index (χ3v) is 4.49. The highest BCUT2D eigenvalue weighted by atomic mass is 32.1. The molecule has 0 spiro atoms. The quantitative estimate of drug-likeness (QED) is 0.794. The predicted molar refractivity (Wildman–Crippen MR) is 82.0 cm³/mol. The van der Waals surface area contributed by atoms with Crippen LogP contribution in [0.4, 0.5) is 4.79 Å². The van der Waals surface area contributed by atoms with Gasteiger partial charge in [0.2, 0.25) is 0 Å². The second-order valence-electron chi connectivity index (χ2n) is 4.97. The van der Waals surface area contributed by atoms with E-state index >= 15 is 0 Å². The number of rotatable bonds is 5. The molecule has 0 aliphatic heterocycles. The topological polar surface area (TPSA) is 74.2 Å². The summed E-state index contributed by atoms with van der Waals surface area (Å²) in [6.07, 6.45) is 0. The van der Waals surface area contributed by atoms with Gasteiger partial charge in [-0.25, -0.2) is 9.78 Å². The van der Waals surface area contributed by atoms with Crippen LogP contribution in [0, 0.1) is 0 Å². The second-order valence-corrected chi connectivity index (χ2v) is 6.78. The molecule has 0 aliphatic carbocycles. The Morgan fingerprint density at radius 3 is 2.90 bits per heavy atom. The Labute approximate surface area is 125 Å². The van der Waals surface area contributed by atoms with E-state index in [2.05, 4.69) is 15.6 Å². The zero-order valence-corrected chi connectivity index (χ0v) is 13.0. The number of aliphatic hydroxyl groups excluding tert-OH is 1. The molecule has 0 saturated carbocycles. The van der Waals surface area contributed by atoms with Crippen molar-refractivity contribution in [1.82, 2.24) is 15.6 Å². The maximum atomic E-state index is 11.7. The zero-order valence-electron chi connectivity index (χ0n) is 11.3. The first-order valence-corrected chi connectivity index (χ1v) is 7.91. The van der Waals surface area contributed by atoms with Gasteiger partial charge in [-0.1, -0.05) is 6.07 Å². The minimum Gasteiger partial charge on any atom is -0.394 e. The molecule has 3 N–H and O–H groups in total. The Bertz CT molecular complexity index is 564.